The van der Waals surface area contributed by atoms with Crippen LogP contribution in [-0.2, 0) is 4.74 Å². The third-order valence-corrected chi connectivity index (χ3v) is 3.43. The number of ether oxygens (including phenoxy) is 1. The van der Waals surface area contributed by atoms with E-state index in [2.05, 4.69) is 21.9 Å². The second-order valence-corrected chi connectivity index (χ2v) is 4.39. The molecule has 0 aliphatic carbocycles. The van der Waals surface area contributed by atoms with Gasteiger partial charge in [-0.1, -0.05) is 0 Å². The molecule has 94 valence electrons. The van der Waals surface area contributed by atoms with E-state index in [-0.39, 0.29) is 6.04 Å². The molecule has 0 saturated carbocycles. The van der Waals surface area contributed by atoms with E-state index < -0.39 is 0 Å². The fourth-order valence-electron chi connectivity index (χ4n) is 2.34. The Bertz CT molecular complexity index is 327. The zero-order valence-electron chi connectivity index (χ0n) is 10.2. The van der Waals surface area contributed by atoms with Crippen molar-refractivity contribution >= 4 is 0 Å². The molecule has 0 amide bonds. The smallest absolute Gasteiger partial charge is 0.115 e. The Kier molecular flexibility index (Phi) is 4.42. The zero-order chi connectivity index (χ0) is 12.1. The average molecular weight is 236 g/mol. The number of aromatic nitrogens is 2. The van der Waals surface area contributed by atoms with Crippen molar-refractivity contribution in [1.82, 2.24) is 14.9 Å². The molecule has 0 spiro atoms. The molecule has 2 heterocycles. The summed E-state index contributed by atoms with van der Waals surface area (Å²) in [5.41, 5.74) is 6.88. The van der Waals surface area contributed by atoms with Crippen LogP contribution in [0.15, 0.2) is 18.6 Å². The lowest BCUT2D eigenvalue weighted by atomic mass is 10.0. The van der Waals surface area contributed by atoms with Crippen molar-refractivity contribution < 1.29 is 4.74 Å². The Labute approximate surface area is 102 Å². The molecule has 1 unspecified atom stereocenters. The van der Waals surface area contributed by atoms with Crippen molar-refractivity contribution in [2.75, 3.05) is 26.8 Å². The molecule has 0 bridgehead atoms. The van der Waals surface area contributed by atoms with Crippen molar-refractivity contribution in [3.8, 4) is 0 Å². The minimum atomic E-state index is 0.168. The maximum absolute atomic E-state index is 5.88. The number of hydrogen-bond acceptors (Lipinski definition) is 5. The van der Waals surface area contributed by atoms with E-state index in [0.29, 0.717) is 12.6 Å². The molecule has 1 atom stereocenters. The van der Waals surface area contributed by atoms with Crippen LogP contribution in [0.2, 0.25) is 0 Å². The molecule has 5 nitrogen and oxygen atoms in total. The molecule has 1 saturated heterocycles. The van der Waals surface area contributed by atoms with Gasteiger partial charge in [0, 0.05) is 32.0 Å². The number of likely N-dealkylation sites (N-methyl/N-ethyl adjacent to an activating group) is 1. The van der Waals surface area contributed by atoms with Crippen LogP contribution < -0.4 is 5.73 Å². The van der Waals surface area contributed by atoms with Crippen molar-refractivity contribution in [2.24, 2.45) is 5.73 Å². The number of nitrogens with zero attached hydrogens (tertiary/aromatic N) is 3. The van der Waals surface area contributed by atoms with Crippen molar-refractivity contribution in [3.05, 3.63) is 24.3 Å². The summed E-state index contributed by atoms with van der Waals surface area (Å²) in [6.07, 6.45) is 5.48. The largest absolute Gasteiger partial charge is 0.381 e. The summed E-state index contributed by atoms with van der Waals surface area (Å²) in [7, 11) is 2.12. The van der Waals surface area contributed by atoms with Crippen LogP contribution in [0.4, 0.5) is 0 Å². The standard InChI is InChI=1S/C12H20N4O/c1-16(10-3-6-17-7-4-10)12(8-13)11-2-5-14-9-15-11/h2,5,9-10,12H,3-4,6-8,13H2,1H3. The van der Waals surface area contributed by atoms with Gasteiger partial charge in [0.2, 0.25) is 0 Å². The summed E-state index contributed by atoms with van der Waals surface area (Å²) < 4.78 is 5.39. The molecular formula is C12H20N4O. The van der Waals surface area contributed by atoms with E-state index in [0.717, 1.165) is 31.7 Å². The molecule has 1 fully saturated rings. The Balaban J connectivity index is 2.07. The van der Waals surface area contributed by atoms with Crippen molar-refractivity contribution in [1.29, 1.82) is 0 Å². The average Bonchev–Trinajstić information content (AvgIpc) is 2.42. The van der Waals surface area contributed by atoms with E-state index in [1.54, 1.807) is 12.5 Å². The second kappa shape index (κ2) is 6.05. The molecule has 5 heteroatoms. The Morgan fingerprint density at radius 2 is 2.29 bits per heavy atom. The number of nitrogens with two attached hydrogens (primary N) is 1. The molecule has 1 aliphatic heterocycles. The predicted molar refractivity (Wildman–Crippen MR) is 65.4 cm³/mol. The molecule has 2 N–H and O–H groups in total. The molecule has 1 aliphatic rings. The highest BCUT2D eigenvalue weighted by atomic mass is 16.5. The lowest BCUT2D eigenvalue weighted by Crippen LogP contribution is -2.42. The van der Waals surface area contributed by atoms with Crippen LogP contribution in [0.3, 0.4) is 0 Å². The van der Waals surface area contributed by atoms with Gasteiger partial charge in [0.05, 0.1) is 11.7 Å². The third-order valence-electron chi connectivity index (χ3n) is 3.43. The first kappa shape index (κ1) is 12.4. The Morgan fingerprint density at radius 1 is 1.53 bits per heavy atom. The van der Waals surface area contributed by atoms with E-state index in [4.69, 9.17) is 10.5 Å². The van der Waals surface area contributed by atoms with Gasteiger partial charge in [-0.15, -0.1) is 0 Å². The minimum absolute atomic E-state index is 0.168. The van der Waals surface area contributed by atoms with Crippen LogP contribution in [0.5, 0.6) is 0 Å². The lowest BCUT2D eigenvalue weighted by Gasteiger charge is -2.36. The molecule has 2 rings (SSSR count). The van der Waals surface area contributed by atoms with Gasteiger partial charge in [0.1, 0.15) is 6.33 Å². The van der Waals surface area contributed by atoms with Gasteiger partial charge in [-0.25, -0.2) is 9.97 Å². The zero-order valence-corrected chi connectivity index (χ0v) is 10.2. The molecule has 1 aromatic heterocycles. The van der Waals surface area contributed by atoms with Crippen molar-refractivity contribution in [2.45, 2.75) is 24.9 Å². The van der Waals surface area contributed by atoms with Gasteiger partial charge in [0.25, 0.3) is 0 Å². The second-order valence-electron chi connectivity index (χ2n) is 4.39. The van der Waals surface area contributed by atoms with Gasteiger partial charge < -0.3 is 10.5 Å². The van der Waals surface area contributed by atoms with Crippen LogP contribution in [0, 0.1) is 0 Å². The fraction of sp³-hybridized carbons (Fsp3) is 0.667. The molecule has 0 radical (unpaired) electrons. The van der Waals surface area contributed by atoms with Gasteiger partial charge in [-0.05, 0) is 26.0 Å². The maximum Gasteiger partial charge on any atom is 0.115 e. The summed E-state index contributed by atoms with van der Waals surface area (Å²) in [5, 5.41) is 0. The molecule has 1 aromatic rings. The van der Waals surface area contributed by atoms with E-state index in [1.165, 1.54) is 0 Å². The topological polar surface area (TPSA) is 64.3 Å². The summed E-state index contributed by atoms with van der Waals surface area (Å²) in [6, 6.07) is 2.64. The van der Waals surface area contributed by atoms with Gasteiger partial charge >= 0.3 is 0 Å². The maximum atomic E-state index is 5.88. The third kappa shape index (κ3) is 3.00. The molecule has 17 heavy (non-hydrogen) atoms. The SMILES string of the molecule is CN(C1CCOCC1)C(CN)c1ccncn1. The van der Waals surface area contributed by atoms with Crippen molar-refractivity contribution in [3.63, 3.8) is 0 Å². The first-order valence-corrected chi connectivity index (χ1v) is 6.08. The fourth-order valence-corrected chi connectivity index (χ4v) is 2.34. The Hall–Kier alpha value is -1.04. The number of hydrogen-bond donors (Lipinski definition) is 1. The summed E-state index contributed by atoms with van der Waals surface area (Å²) in [4.78, 5) is 10.6. The van der Waals surface area contributed by atoms with Crippen LogP contribution in [0.1, 0.15) is 24.6 Å². The molecular weight excluding hydrogens is 216 g/mol. The lowest BCUT2D eigenvalue weighted by molar-refractivity contribution is 0.0287. The minimum Gasteiger partial charge on any atom is -0.381 e. The molecule has 0 aromatic carbocycles. The highest BCUT2D eigenvalue weighted by Gasteiger charge is 2.25. The van der Waals surface area contributed by atoms with Gasteiger partial charge in [-0.2, -0.15) is 0 Å². The van der Waals surface area contributed by atoms with Crippen LogP contribution in [0.25, 0.3) is 0 Å². The van der Waals surface area contributed by atoms with Gasteiger partial charge in [-0.3, -0.25) is 4.90 Å². The summed E-state index contributed by atoms with van der Waals surface area (Å²) in [5.74, 6) is 0. The normalized spacial score (nSPS) is 19.5. The van der Waals surface area contributed by atoms with Gasteiger partial charge in [0.15, 0.2) is 0 Å². The van der Waals surface area contributed by atoms with E-state index >= 15 is 0 Å². The first-order valence-electron chi connectivity index (χ1n) is 6.08. The number of rotatable bonds is 4. The van der Waals surface area contributed by atoms with Crippen LogP contribution >= 0.6 is 0 Å². The van der Waals surface area contributed by atoms with Crippen LogP contribution in [-0.4, -0.2) is 47.7 Å². The summed E-state index contributed by atoms with van der Waals surface area (Å²) >= 11 is 0. The summed E-state index contributed by atoms with van der Waals surface area (Å²) in [6.45, 7) is 2.26. The predicted octanol–water partition coefficient (Wildman–Crippen LogP) is 0.587. The Morgan fingerprint density at radius 3 is 2.88 bits per heavy atom. The first-order chi connectivity index (χ1) is 8.33. The highest BCUT2D eigenvalue weighted by Crippen LogP contribution is 2.22. The van der Waals surface area contributed by atoms with E-state index in [9.17, 15) is 0 Å². The highest BCUT2D eigenvalue weighted by molar-refractivity contribution is 5.06. The van der Waals surface area contributed by atoms with E-state index in [1.807, 2.05) is 6.07 Å². The monoisotopic (exact) mass is 236 g/mol. The quantitative estimate of drug-likeness (QED) is 0.828.